The number of benzene rings is 1. The average molecular weight is 471 g/mol. The molecule has 1 heterocycles. The number of nitrogens with zero attached hydrogens (tertiary/aromatic N) is 1. The number of rotatable bonds is 9. The van der Waals surface area contributed by atoms with Gasteiger partial charge in [0.1, 0.15) is 4.88 Å². The Balaban J connectivity index is 2.13. The lowest BCUT2D eigenvalue weighted by atomic mass is 10.1. The van der Waals surface area contributed by atoms with Crippen LogP contribution in [0.15, 0.2) is 16.6 Å². The number of hydrogen-bond acceptors (Lipinski definition) is 7. The molecule has 0 aliphatic rings. The third-order valence-corrected chi connectivity index (χ3v) is 5.36. The SMILES string of the molecule is CCOC(=O)c1sc(NC(=O)Cc2cc(OCC)c(OCC)cc2Br)nc1C. The molecular weight excluding hydrogens is 448 g/mol. The van der Waals surface area contributed by atoms with Crippen LogP contribution in [-0.4, -0.2) is 36.7 Å². The fourth-order valence-corrected chi connectivity index (χ4v) is 3.76. The van der Waals surface area contributed by atoms with Gasteiger partial charge in [0.05, 0.1) is 31.9 Å². The number of hydrogen-bond donors (Lipinski definition) is 1. The number of ether oxygens (including phenoxy) is 3. The van der Waals surface area contributed by atoms with Crippen LogP contribution in [0.25, 0.3) is 0 Å². The summed E-state index contributed by atoms with van der Waals surface area (Å²) in [7, 11) is 0. The monoisotopic (exact) mass is 470 g/mol. The minimum absolute atomic E-state index is 0.112. The highest BCUT2D eigenvalue weighted by Gasteiger charge is 2.19. The molecule has 1 aromatic carbocycles. The van der Waals surface area contributed by atoms with E-state index in [-0.39, 0.29) is 18.9 Å². The van der Waals surface area contributed by atoms with Crippen LogP contribution in [0.4, 0.5) is 5.13 Å². The molecule has 0 saturated heterocycles. The largest absolute Gasteiger partial charge is 0.490 e. The van der Waals surface area contributed by atoms with Gasteiger partial charge in [-0.3, -0.25) is 4.79 Å². The van der Waals surface area contributed by atoms with Gasteiger partial charge in [-0.25, -0.2) is 9.78 Å². The summed E-state index contributed by atoms with van der Waals surface area (Å²) in [5.41, 5.74) is 1.28. The van der Waals surface area contributed by atoms with Crippen LogP contribution in [0.3, 0.4) is 0 Å². The van der Waals surface area contributed by atoms with Gasteiger partial charge in [-0.15, -0.1) is 0 Å². The Labute approximate surface area is 176 Å². The smallest absolute Gasteiger partial charge is 0.350 e. The molecule has 0 fully saturated rings. The van der Waals surface area contributed by atoms with E-state index in [1.807, 2.05) is 13.8 Å². The highest BCUT2D eigenvalue weighted by molar-refractivity contribution is 9.10. The van der Waals surface area contributed by atoms with Gasteiger partial charge in [-0.2, -0.15) is 0 Å². The van der Waals surface area contributed by atoms with Gasteiger partial charge < -0.3 is 19.5 Å². The minimum atomic E-state index is -0.436. The summed E-state index contributed by atoms with van der Waals surface area (Å²) in [6, 6.07) is 3.58. The van der Waals surface area contributed by atoms with Crippen molar-refractivity contribution in [2.75, 3.05) is 25.1 Å². The number of aromatic nitrogens is 1. The van der Waals surface area contributed by atoms with Crippen molar-refractivity contribution in [1.29, 1.82) is 0 Å². The second-order valence-corrected chi connectivity index (χ2v) is 7.49. The molecule has 2 aromatic rings. The highest BCUT2D eigenvalue weighted by atomic mass is 79.9. The number of carbonyl (C=O) groups excluding carboxylic acids is 2. The predicted molar refractivity (Wildman–Crippen MR) is 112 cm³/mol. The Morgan fingerprint density at radius 3 is 2.36 bits per heavy atom. The maximum absolute atomic E-state index is 12.5. The summed E-state index contributed by atoms with van der Waals surface area (Å²) in [4.78, 5) is 29.0. The van der Waals surface area contributed by atoms with Crippen molar-refractivity contribution in [2.24, 2.45) is 0 Å². The molecule has 0 atom stereocenters. The third kappa shape index (κ3) is 5.68. The molecule has 0 aliphatic heterocycles. The second kappa shape index (κ2) is 10.4. The van der Waals surface area contributed by atoms with Crippen LogP contribution >= 0.6 is 27.3 Å². The molecule has 1 N–H and O–H groups in total. The number of thiazole rings is 1. The van der Waals surface area contributed by atoms with E-state index in [1.54, 1.807) is 26.0 Å². The van der Waals surface area contributed by atoms with Crippen LogP contribution in [-0.2, 0) is 16.0 Å². The summed E-state index contributed by atoms with van der Waals surface area (Å²) < 4.78 is 16.9. The predicted octanol–water partition coefficient (Wildman–Crippen LogP) is 4.37. The van der Waals surface area contributed by atoms with Gasteiger partial charge in [-0.05, 0) is 45.4 Å². The van der Waals surface area contributed by atoms with Gasteiger partial charge in [0.15, 0.2) is 16.6 Å². The lowest BCUT2D eigenvalue weighted by molar-refractivity contribution is -0.115. The Morgan fingerprint density at radius 2 is 1.75 bits per heavy atom. The maximum Gasteiger partial charge on any atom is 0.350 e. The molecule has 1 amide bonds. The van der Waals surface area contributed by atoms with Crippen molar-refractivity contribution in [3.05, 3.63) is 32.7 Å². The van der Waals surface area contributed by atoms with Crippen LogP contribution in [0.5, 0.6) is 11.5 Å². The van der Waals surface area contributed by atoms with Crippen molar-refractivity contribution in [2.45, 2.75) is 34.1 Å². The molecule has 28 heavy (non-hydrogen) atoms. The van der Waals surface area contributed by atoms with Crippen LogP contribution < -0.4 is 14.8 Å². The summed E-state index contributed by atoms with van der Waals surface area (Å²) in [6.45, 7) is 8.51. The molecule has 9 heteroatoms. The van der Waals surface area contributed by atoms with Crippen molar-refractivity contribution in [3.63, 3.8) is 0 Å². The van der Waals surface area contributed by atoms with E-state index >= 15 is 0 Å². The third-order valence-electron chi connectivity index (χ3n) is 3.57. The van der Waals surface area contributed by atoms with E-state index in [1.165, 1.54) is 0 Å². The van der Waals surface area contributed by atoms with Gasteiger partial charge in [0, 0.05) is 4.47 Å². The van der Waals surface area contributed by atoms with E-state index in [0.29, 0.717) is 40.4 Å². The lowest BCUT2D eigenvalue weighted by Gasteiger charge is -2.14. The summed E-state index contributed by atoms with van der Waals surface area (Å²) >= 11 is 4.58. The van der Waals surface area contributed by atoms with Gasteiger partial charge >= 0.3 is 5.97 Å². The summed E-state index contributed by atoms with van der Waals surface area (Å²) in [6.07, 6.45) is 0.112. The van der Waals surface area contributed by atoms with Crippen LogP contribution in [0, 0.1) is 6.92 Å². The van der Waals surface area contributed by atoms with E-state index in [4.69, 9.17) is 14.2 Å². The number of aryl methyl sites for hydroxylation is 1. The Bertz CT molecular complexity index is 853. The quantitative estimate of drug-likeness (QED) is 0.547. The first-order valence-electron chi connectivity index (χ1n) is 8.91. The van der Waals surface area contributed by atoms with E-state index in [9.17, 15) is 9.59 Å². The zero-order chi connectivity index (χ0) is 20.7. The lowest BCUT2D eigenvalue weighted by Crippen LogP contribution is -2.15. The Hall–Kier alpha value is -2.13. The molecular formula is C19H23BrN2O5S. The number of nitrogens with one attached hydrogen (secondary N) is 1. The second-order valence-electron chi connectivity index (χ2n) is 5.64. The standard InChI is InChI=1S/C19H23BrN2O5S/c1-5-25-14-8-12(13(20)10-15(14)26-6-2)9-16(23)22-19-21-11(4)17(28-19)18(24)27-7-3/h8,10H,5-7,9H2,1-4H3,(H,21,22,23). The summed E-state index contributed by atoms with van der Waals surface area (Å²) in [5, 5.41) is 3.09. The van der Waals surface area contributed by atoms with E-state index in [2.05, 4.69) is 26.2 Å². The summed E-state index contributed by atoms with van der Waals surface area (Å²) in [5.74, 6) is 0.519. The van der Waals surface area contributed by atoms with Gasteiger partial charge in [0.25, 0.3) is 0 Å². The van der Waals surface area contributed by atoms with Crippen molar-refractivity contribution >= 4 is 44.3 Å². The molecule has 1 aromatic heterocycles. The number of halogens is 1. The molecule has 2 rings (SSSR count). The van der Waals surface area contributed by atoms with Crippen LogP contribution in [0.2, 0.25) is 0 Å². The zero-order valence-corrected chi connectivity index (χ0v) is 18.7. The first-order chi connectivity index (χ1) is 13.4. The fourth-order valence-electron chi connectivity index (χ4n) is 2.42. The minimum Gasteiger partial charge on any atom is -0.490 e. The van der Waals surface area contributed by atoms with Gasteiger partial charge in [0.2, 0.25) is 5.91 Å². The van der Waals surface area contributed by atoms with Gasteiger partial charge in [-0.1, -0.05) is 27.3 Å². The number of carbonyl (C=O) groups is 2. The molecule has 0 radical (unpaired) electrons. The van der Waals surface area contributed by atoms with Crippen LogP contribution in [0.1, 0.15) is 41.7 Å². The zero-order valence-electron chi connectivity index (χ0n) is 16.3. The molecule has 0 unspecified atom stereocenters. The first kappa shape index (κ1) is 22.2. The van der Waals surface area contributed by atoms with Crippen molar-refractivity contribution < 1.29 is 23.8 Å². The van der Waals surface area contributed by atoms with E-state index < -0.39 is 5.97 Å². The Morgan fingerprint density at radius 1 is 1.11 bits per heavy atom. The molecule has 0 saturated carbocycles. The topological polar surface area (TPSA) is 86.8 Å². The van der Waals surface area contributed by atoms with Crippen molar-refractivity contribution in [1.82, 2.24) is 4.98 Å². The molecule has 0 spiro atoms. The fraction of sp³-hybridized carbons (Fsp3) is 0.421. The molecule has 7 nitrogen and oxygen atoms in total. The number of amides is 1. The number of anilines is 1. The molecule has 152 valence electrons. The Kier molecular flexibility index (Phi) is 8.25. The van der Waals surface area contributed by atoms with Crippen molar-refractivity contribution in [3.8, 4) is 11.5 Å². The average Bonchev–Trinajstić information content (AvgIpc) is 2.99. The highest BCUT2D eigenvalue weighted by Crippen LogP contribution is 2.34. The molecule has 0 aliphatic carbocycles. The maximum atomic E-state index is 12.5. The number of esters is 1. The van der Waals surface area contributed by atoms with E-state index in [0.717, 1.165) is 21.4 Å². The normalized spacial score (nSPS) is 10.5. The first-order valence-corrected chi connectivity index (χ1v) is 10.5. The molecule has 0 bridgehead atoms.